The summed E-state index contributed by atoms with van der Waals surface area (Å²) in [5.74, 6) is -0.637. The van der Waals surface area contributed by atoms with Gasteiger partial charge in [0.05, 0.1) is 24.8 Å². The summed E-state index contributed by atoms with van der Waals surface area (Å²) in [6.07, 6.45) is -0.643. The number of nitrogens with one attached hydrogen (secondary N) is 2. The molecule has 2 atom stereocenters. The molecule has 22 heavy (non-hydrogen) atoms. The van der Waals surface area contributed by atoms with Gasteiger partial charge in [0, 0.05) is 12.1 Å². The zero-order chi connectivity index (χ0) is 16.3. The molecule has 122 valence electrons. The molecule has 1 aliphatic rings. The number of carbonyl (C=O) groups is 1. The lowest BCUT2D eigenvalue weighted by molar-refractivity contribution is -0.137. The molecule has 1 amide bonds. The molecule has 1 heterocycles. The van der Waals surface area contributed by atoms with Crippen LogP contribution in [0.1, 0.15) is 25.0 Å². The van der Waals surface area contributed by atoms with Gasteiger partial charge in [0.25, 0.3) is 5.91 Å². The van der Waals surface area contributed by atoms with E-state index in [4.69, 9.17) is 9.84 Å². The number of halogens is 1. The Labute approximate surface area is 129 Å². The van der Waals surface area contributed by atoms with Crippen LogP contribution in [0.3, 0.4) is 0 Å². The highest BCUT2D eigenvalue weighted by molar-refractivity contribution is 5.82. The Kier molecular flexibility index (Phi) is 5.16. The summed E-state index contributed by atoms with van der Waals surface area (Å²) in [6, 6.07) is 4.81. The zero-order valence-electron chi connectivity index (χ0n) is 13.1. The number of hydrogen-bond donors (Lipinski definition) is 3. The Morgan fingerprint density at radius 2 is 2.27 bits per heavy atom. The summed E-state index contributed by atoms with van der Waals surface area (Å²) in [5, 5.41) is 14.9. The minimum absolute atomic E-state index is 0.0333. The third-order valence-corrected chi connectivity index (χ3v) is 3.84. The highest BCUT2D eigenvalue weighted by Crippen LogP contribution is 2.24. The van der Waals surface area contributed by atoms with Crippen LogP contribution in [0.25, 0.3) is 0 Å². The van der Waals surface area contributed by atoms with Crippen LogP contribution >= 0.6 is 0 Å². The van der Waals surface area contributed by atoms with Crippen LogP contribution in [-0.4, -0.2) is 42.9 Å². The van der Waals surface area contributed by atoms with Crippen LogP contribution in [0.5, 0.6) is 0 Å². The second-order valence-corrected chi connectivity index (χ2v) is 6.21. The minimum Gasteiger partial charge on any atom is -0.395 e. The van der Waals surface area contributed by atoms with Crippen molar-refractivity contribution in [2.45, 2.75) is 38.5 Å². The van der Waals surface area contributed by atoms with Crippen LogP contribution < -0.4 is 10.6 Å². The quantitative estimate of drug-likeness (QED) is 0.770. The Bertz CT molecular complexity index is 540. The maximum atomic E-state index is 14.1. The highest BCUT2D eigenvalue weighted by atomic mass is 19.1. The Morgan fingerprint density at radius 3 is 2.82 bits per heavy atom. The number of aryl methyl sites for hydroxylation is 1. The van der Waals surface area contributed by atoms with Crippen molar-refractivity contribution >= 4 is 5.91 Å². The number of hydrogen-bond acceptors (Lipinski definition) is 4. The number of aliphatic hydroxyl groups excluding tert-OH is 1. The number of aliphatic hydroxyl groups is 1. The first-order chi connectivity index (χ1) is 10.3. The maximum Gasteiger partial charge on any atom is 0.251 e. The second-order valence-electron chi connectivity index (χ2n) is 6.21. The Balaban J connectivity index is 2.03. The summed E-state index contributed by atoms with van der Waals surface area (Å²) >= 11 is 0. The molecule has 0 radical (unpaired) electrons. The van der Waals surface area contributed by atoms with Crippen LogP contribution in [0.2, 0.25) is 0 Å². The van der Waals surface area contributed by atoms with Crippen molar-refractivity contribution in [2.75, 3.05) is 19.8 Å². The summed E-state index contributed by atoms with van der Waals surface area (Å²) < 4.78 is 19.6. The Morgan fingerprint density at radius 1 is 1.55 bits per heavy atom. The van der Waals surface area contributed by atoms with E-state index < -0.39 is 11.6 Å². The van der Waals surface area contributed by atoms with Gasteiger partial charge in [0.1, 0.15) is 11.9 Å². The summed E-state index contributed by atoms with van der Waals surface area (Å²) in [7, 11) is 0. The van der Waals surface area contributed by atoms with E-state index in [9.17, 15) is 9.18 Å². The number of ether oxygens (including phenoxy) is 1. The zero-order valence-corrected chi connectivity index (χ0v) is 13.1. The van der Waals surface area contributed by atoms with Gasteiger partial charge in [-0.2, -0.15) is 0 Å². The van der Waals surface area contributed by atoms with Crippen molar-refractivity contribution < 1.29 is 19.0 Å². The molecule has 0 saturated carbocycles. The predicted molar refractivity (Wildman–Crippen MR) is 80.9 cm³/mol. The van der Waals surface area contributed by atoms with Gasteiger partial charge in [-0.3, -0.25) is 4.79 Å². The molecule has 0 spiro atoms. The average molecular weight is 310 g/mol. The van der Waals surface area contributed by atoms with Crippen LogP contribution in [0.4, 0.5) is 4.39 Å². The molecule has 1 fully saturated rings. The monoisotopic (exact) mass is 310 g/mol. The standard InChI is InChI=1S/C16H23FN2O3/c1-10-4-5-12(13(17)6-10)16(2,3)19-15(21)14-7-18-11(8-20)9-22-14/h4-6,11,14,18,20H,7-9H2,1-3H3,(H,19,21)/t11-,14+/m1/s1. The van der Waals surface area contributed by atoms with Gasteiger partial charge in [-0.05, 0) is 32.4 Å². The molecule has 5 nitrogen and oxygen atoms in total. The predicted octanol–water partition coefficient (Wildman–Crippen LogP) is 0.835. The Hall–Kier alpha value is -1.50. The van der Waals surface area contributed by atoms with Gasteiger partial charge < -0.3 is 20.5 Å². The van der Waals surface area contributed by atoms with E-state index in [0.717, 1.165) is 5.56 Å². The van der Waals surface area contributed by atoms with E-state index in [2.05, 4.69) is 10.6 Å². The van der Waals surface area contributed by atoms with Crippen LogP contribution in [0, 0.1) is 12.7 Å². The fraction of sp³-hybridized carbons (Fsp3) is 0.562. The van der Waals surface area contributed by atoms with E-state index in [-0.39, 0.29) is 31.0 Å². The number of carbonyl (C=O) groups excluding carboxylic acids is 1. The van der Waals surface area contributed by atoms with Gasteiger partial charge in [0.15, 0.2) is 0 Å². The van der Waals surface area contributed by atoms with Crippen molar-refractivity contribution in [2.24, 2.45) is 0 Å². The minimum atomic E-state index is -0.841. The maximum absolute atomic E-state index is 14.1. The molecule has 0 aromatic heterocycles. The van der Waals surface area contributed by atoms with Crippen molar-refractivity contribution in [3.05, 3.63) is 35.1 Å². The molecule has 1 aromatic rings. The van der Waals surface area contributed by atoms with Crippen LogP contribution in [-0.2, 0) is 15.1 Å². The first kappa shape index (κ1) is 16.9. The largest absolute Gasteiger partial charge is 0.395 e. The fourth-order valence-electron chi connectivity index (χ4n) is 2.49. The smallest absolute Gasteiger partial charge is 0.251 e. The number of rotatable bonds is 4. The van der Waals surface area contributed by atoms with Gasteiger partial charge in [0.2, 0.25) is 0 Å². The van der Waals surface area contributed by atoms with Crippen molar-refractivity contribution in [3.8, 4) is 0 Å². The van der Waals surface area contributed by atoms with Crippen molar-refractivity contribution in [3.63, 3.8) is 0 Å². The normalized spacial score (nSPS) is 22.4. The van der Waals surface area contributed by atoms with Crippen molar-refractivity contribution in [1.82, 2.24) is 10.6 Å². The van der Waals surface area contributed by atoms with Gasteiger partial charge in [-0.15, -0.1) is 0 Å². The van der Waals surface area contributed by atoms with E-state index in [1.807, 2.05) is 13.0 Å². The molecule has 0 unspecified atom stereocenters. The van der Waals surface area contributed by atoms with Gasteiger partial charge in [-0.25, -0.2) is 4.39 Å². The van der Waals surface area contributed by atoms with Gasteiger partial charge >= 0.3 is 0 Å². The molecule has 1 aromatic carbocycles. The first-order valence-corrected chi connectivity index (χ1v) is 7.38. The molecule has 3 N–H and O–H groups in total. The lowest BCUT2D eigenvalue weighted by Gasteiger charge is -2.33. The van der Waals surface area contributed by atoms with Crippen molar-refractivity contribution in [1.29, 1.82) is 0 Å². The lowest BCUT2D eigenvalue weighted by atomic mass is 9.92. The summed E-state index contributed by atoms with van der Waals surface area (Å²) in [6.45, 7) is 5.89. The molecular weight excluding hydrogens is 287 g/mol. The highest BCUT2D eigenvalue weighted by Gasteiger charge is 2.32. The molecule has 0 aliphatic carbocycles. The summed E-state index contributed by atoms with van der Waals surface area (Å²) in [4.78, 5) is 12.3. The molecule has 0 bridgehead atoms. The first-order valence-electron chi connectivity index (χ1n) is 7.38. The lowest BCUT2D eigenvalue weighted by Crippen LogP contribution is -2.56. The molecular formula is C16H23FN2O3. The molecule has 1 aliphatic heterocycles. The number of morpholine rings is 1. The van der Waals surface area contributed by atoms with Crippen LogP contribution in [0.15, 0.2) is 18.2 Å². The third kappa shape index (κ3) is 3.82. The SMILES string of the molecule is Cc1ccc(C(C)(C)NC(=O)[C@@H]2CN[C@H](CO)CO2)c(F)c1. The van der Waals surface area contributed by atoms with E-state index in [0.29, 0.717) is 12.1 Å². The fourth-order valence-corrected chi connectivity index (χ4v) is 2.49. The average Bonchev–Trinajstić information content (AvgIpc) is 2.46. The van der Waals surface area contributed by atoms with E-state index in [1.54, 1.807) is 19.9 Å². The topological polar surface area (TPSA) is 70.6 Å². The van der Waals surface area contributed by atoms with E-state index >= 15 is 0 Å². The summed E-state index contributed by atoms with van der Waals surface area (Å²) in [5.41, 5.74) is 0.424. The molecule has 1 saturated heterocycles. The number of benzene rings is 1. The van der Waals surface area contributed by atoms with E-state index in [1.165, 1.54) is 6.07 Å². The molecule has 2 rings (SSSR count). The van der Waals surface area contributed by atoms with Gasteiger partial charge in [-0.1, -0.05) is 12.1 Å². The molecule has 6 heteroatoms. The second kappa shape index (κ2) is 6.73. The number of amides is 1. The third-order valence-electron chi connectivity index (χ3n) is 3.84.